The lowest BCUT2D eigenvalue weighted by molar-refractivity contribution is 0.411. The van der Waals surface area contributed by atoms with E-state index in [0.29, 0.717) is 11.1 Å². The number of hydrogen-bond donors (Lipinski definition) is 0. The van der Waals surface area contributed by atoms with E-state index in [2.05, 4.69) is 22.0 Å². The van der Waals surface area contributed by atoms with Gasteiger partial charge < -0.3 is 4.74 Å². The van der Waals surface area contributed by atoms with Gasteiger partial charge in [0.15, 0.2) is 0 Å². The molecule has 0 saturated carbocycles. The van der Waals surface area contributed by atoms with E-state index in [1.54, 1.807) is 21.0 Å². The Morgan fingerprint density at radius 3 is 2.10 bits per heavy atom. The lowest BCUT2D eigenvalue weighted by Crippen LogP contribution is -1.98. The third kappa shape index (κ3) is 2.88. The molecule has 1 nitrogen and oxygen atoms in total. The van der Waals surface area contributed by atoms with Crippen molar-refractivity contribution in [1.29, 1.82) is 0 Å². The monoisotopic (exact) mass is 336 g/mol. The SMILES string of the molecule is COc1cc(C(Br)c2cc(C)c(F)c(C)c2)ccc1C. The Bertz CT molecular complexity index is 614. The van der Waals surface area contributed by atoms with Crippen LogP contribution in [0, 0.1) is 26.6 Å². The molecule has 0 N–H and O–H groups in total. The van der Waals surface area contributed by atoms with E-state index in [4.69, 9.17) is 4.74 Å². The quantitative estimate of drug-likeness (QED) is 0.696. The summed E-state index contributed by atoms with van der Waals surface area (Å²) < 4.78 is 19.1. The van der Waals surface area contributed by atoms with Gasteiger partial charge in [-0.3, -0.25) is 0 Å². The van der Waals surface area contributed by atoms with E-state index in [1.165, 1.54) is 0 Å². The minimum absolute atomic E-state index is 0.0231. The van der Waals surface area contributed by atoms with Gasteiger partial charge in [0.05, 0.1) is 11.9 Å². The molecule has 0 saturated heterocycles. The Labute approximate surface area is 127 Å². The summed E-state index contributed by atoms with van der Waals surface area (Å²) in [5.41, 5.74) is 4.58. The molecule has 20 heavy (non-hydrogen) atoms. The van der Waals surface area contributed by atoms with Crippen LogP contribution in [-0.4, -0.2) is 7.11 Å². The van der Waals surface area contributed by atoms with Crippen molar-refractivity contribution in [2.24, 2.45) is 0 Å². The van der Waals surface area contributed by atoms with Gasteiger partial charge in [-0.2, -0.15) is 0 Å². The zero-order valence-electron chi connectivity index (χ0n) is 12.1. The molecule has 1 unspecified atom stereocenters. The molecule has 0 amide bonds. The van der Waals surface area contributed by atoms with Crippen LogP contribution >= 0.6 is 15.9 Å². The number of rotatable bonds is 3. The highest BCUT2D eigenvalue weighted by Crippen LogP contribution is 2.35. The van der Waals surface area contributed by atoms with Crippen molar-refractivity contribution in [2.45, 2.75) is 25.6 Å². The second kappa shape index (κ2) is 5.96. The van der Waals surface area contributed by atoms with Gasteiger partial charge in [-0.25, -0.2) is 4.39 Å². The van der Waals surface area contributed by atoms with Crippen LogP contribution < -0.4 is 4.74 Å². The predicted molar refractivity (Wildman–Crippen MR) is 84.4 cm³/mol. The maximum Gasteiger partial charge on any atom is 0.129 e. The van der Waals surface area contributed by atoms with Crippen LogP contribution in [0.25, 0.3) is 0 Å². The van der Waals surface area contributed by atoms with E-state index >= 15 is 0 Å². The van der Waals surface area contributed by atoms with Gasteiger partial charge in [-0.15, -0.1) is 0 Å². The molecule has 0 aliphatic heterocycles. The van der Waals surface area contributed by atoms with Crippen LogP contribution in [0.15, 0.2) is 30.3 Å². The first kappa shape index (κ1) is 15.0. The molecule has 0 radical (unpaired) electrons. The van der Waals surface area contributed by atoms with E-state index in [9.17, 15) is 4.39 Å². The summed E-state index contributed by atoms with van der Waals surface area (Å²) in [7, 11) is 1.67. The second-order valence-corrected chi connectivity index (χ2v) is 5.98. The number of methoxy groups -OCH3 is 1. The third-order valence-electron chi connectivity index (χ3n) is 3.48. The maximum absolute atomic E-state index is 13.7. The number of hydrogen-bond acceptors (Lipinski definition) is 1. The Morgan fingerprint density at radius 2 is 1.55 bits per heavy atom. The summed E-state index contributed by atoms with van der Waals surface area (Å²) >= 11 is 3.70. The minimum Gasteiger partial charge on any atom is -0.496 e. The fraction of sp³-hybridized carbons (Fsp3) is 0.294. The Morgan fingerprint density at radius 1 is 0.950 bits per heavy atom. The summed E-state index contributed by atoms with van der Waals surface area (Å²) in [6, 6.07) is 9.88. The van der Waals surface area contributed by atoms with Gasteiger partial charge in [0.25, 0.3) is 0 Å². The van der Waals surface area contributed by atoms with Gasteiger partial charge in [-0.1, -0.05) is 40.2 Å². The fourth-order valence-corrected chi connectivity index (χ4v) is 2.86. The van der Waals surface area contributed by atoms with Crippen LogP contribution in [0.2, 0.25) is 0 Å². The van der Waals surface area contributed by atoms with Crippen LogP contribution in [0.4, 0.5) is 4.39 Å². The minimum atomic E-state index is -0.130. The average molecular weight is 337 g/mol. The fourth-order valence-electron chi connectivity index (χ4n) is 2.31. The molecule has 1 atom stereocenters. The average Bonchev–Trinajstić information content (AvgIpc) is 2.44. The van der Waals surface area contributed by atoms with Gasteiger partial charge in [0.1, 0.15) is 11.6 Å². The molecule has 0 spiro atoms. The van der Waals surface area contributed by atoms with Crippen molar-refractivity contribution in [1.82, 2.24) is 0 Å². The van der Waals surface area contributed by atoms with Crippen molar-refractivity contribution < 1.29 is 9.13 Å². The lowest BCUT2D eigenvalue weighted by Gasteiger charge is -2.15. The number of alkyl halides is 1. The number of benzene rings is 2. The Kier molecular flexibility index (Phi) is 4.48. The van der Waals surface area contributed by atoms with Crippen molar-refractivity contribution in [3.8, 4) is 5.75 Å². The van der Waals surface area contributed by atoms with Crippen LogP contribution in [0.3, 0.4) is 0 Å². The number of ether oxygens (including phenoxy) is 1. The highest BCUT2D eigenvalue weighted by molar-refractivity contribution is 9.09. The zero-order valence-corrected chi connectivity index (χ0v) is 13.7. The van der Waals surface area contributed by atoms with Crippen molar-refractivity contribution in [3.05, 3.63) is 64.0 Å². The van der Waals surface area contributed by atoms with Crippen LogP contribution in [0.5, 0.6) is 5.75 Å². The molecule has 0 aliphatic rings. The molecular weight excluding hydrogens is 319 g/mol. The topological polar surface area (TPSA) is 9.23 Å². The molecule has 2 aromatic rings. The van der Waals surface area contributed by atoms with Gasteiger partial charge in [-0.05, 0) is 54.7 Å². The zero-order chi connectivity index (χ0) is 14.9. The first-order chi connectivity index (χ1) is 9.43. The summed E-state index contributed by atoms with van der Waals surface area (Å²) in [5.74, 6) is 0.734. The molecular formula is C17H18BrFO. The van der Waals surface area contributed by atoms with Crippen molar-refractivity contribution >= 4 is 15.9 Å². The summed E-state index contributed by atoms with van der Waals surface area (Å²) in [6.07, 6.45) is 0. The first-order valence-corrected chi connectivity index (χ1v) is 7.41. The number of aryl methyl sites for hydroxylation is 3. The smallest absolute Gasteiger partial charge is 0.129 e. The molecule has 0 bridgehead atoms. The summed E-state index contributed by atoms with van der Waals surface area (Å²) in [4.78, 5) is 0.0231. The lowest BCUT2D eigenvalue weighted by atomic mass is 9.99. The second-order valence-electron chi connectivity index (χ2n) is 5.06. The first-order valence-electron chi connectivity index (χ1n) is 6.49. The van der Waals surface area contributed by atoms with Crippen molar-refractivity contribution in [2.75, 3.05) is 7.11 Å². The predicted octanol–water partition coefficient (Wildman–Crippen LogP) is 5.24. The van der Waals surface area contributed by atoms with E-state index < -0.39 is 0 Å². The molecule has 0 aliphatic carbocycles. The molecule has 0 heterocycles. The molecule has 2 aromatic carbocycles. The molecule has 0 fully saturated rings. The van der Waals surface area contributed by atoms with Gasteiger partial charge in [0.2, 0.25) is 0 Å². The van der Waals surface area contributed by atoms with Gasteiger partial charge in [0, 0.05) is 0 Å². The summed E-state index contributed by atoms with van der Waals surface area (Å²) in [6.45, 7) is 5.60. The highest BCUT2D eigenvalue weighted by atomic mass is 79.9. The van der Waals surface area contributed by atoms with Crippen LogP contribution in [-0.2, 0) is 0 Å². The third-order valence-corrected chi connectivity index (χ3v) is 4.53. The molecule has 106 valence electrons. The van der Waals surface area contributed by atoms with Crippen molar-refractivity contribution in [3.63, 3.8) is 0 Å². The Balaban J connectivity index is 2.43. The maximum atomic E-state index is 13.7. The van der Waals surface area contributed by atoms with E-state index in [1.807, 2.05) is 31.2 Å². The Hall–Kier alpha value is -1.35. The van der Waals surface area contributed by atoms with E-state index in [0.717, 1.165) is 22.4 Å². The van der Waals surface area contributed by atoms with Crippen LogP contribution in [0.1, 0.15) is 32.6 Å². The standard InChI is InChI=1S/C17H18BrFO/c1-10-5-6-13(9-15(10)20-4)16(18)14-7-11(2)17(19)12(3)8-14/h5-9,16H,1-4H3. The highest BCUT2D eigenvalue weighted by Gasteiger charge is 2.15. The summed E-state index contributed by atoms with van der Waals surface area (Å²) in [5, 5.41) is 0. The molecule has 3 heteroatoms. The molecule has 2 rings (SSSR count). The number of halogens is 2. The molecule has 0 aromatic heterocycles. The largest absolute Gasteiger partial charge is 0.496 e. The normalized spacial score (nSPS) is 12.3. The van der Waals surface area contributed by atoms with E-state index in [-0.39, 0.29) is 10.6 Å². The van der Waals surface area contributed by atoms with Gasteiger partial charge >= 0.3 is 0 Å².